The largest absolute Gasteiger partial charge is 0.423 e. The van der Waals surface area contributed by atoms with Gasteiger partial charge in [-0.05, 0) is 24.6 Å². The van der Waals surface area contributed by atoms with Crippen LogP contribution >= 0.6 is 0 Å². The lowest BCUT2D eigenvalue weighted by Gasteiger charge is -2.61. The van der Waals surface area contributed by atoms with Crippen LogP contribution in [-0.4, -0.2) is 48.2 Å². The molecule has 3 rings (SSSR count). The third kappa shape index (κ3) is 1.60. The number of hydrogen-bond acceptors (Lipinski definition) is 9. The lowest BCUT2D eigenvalue weighted by molar-refractivity contribution is -0.523. The SMILES string of the molecule is Cc1cc(=O)oc2cc(N3C(O)(O)C(O)(O)C3(O)O)ccc12. The van der Waals surface area contributed by atoms with Crippen molar-refractivity contribution in [1.29, 1.82) is 0 Å². The summed E-state index contributed by atoms with van der Waals surface area (Å²) in [6.07, 6.45) is 0. The van der Waals surface area contributed by atoms with Crippen LogP contribution in [0.3, 0.4) is 0 Å². The lowest BCUT2D eigenvalue weighted by Crippen LogP contribution is -2.92. The molecule has 1 aromatic carbocycles. The molecule has 22 heavy (non-hydrogen) atoms. The molecule has 0 atom stereocenters. The van der Waals surface area contributed by atoms with E-state index in [-0.39, 0.29) is 16.2 Å². The first-order chi connectivity index (χ1) is 10.00. The molecule has 0 saturated carbocycles. The van der Waals surface area contributed by atoms with E-state index in [1.807, 2.05) is 0 Å². The van der Waals surface area contributed by atoms with Crippen LogP contribution < -0.4 is 10.5 Å². The van der Waals surface area contributed by atoms with E-state index in [0.29, 0.717) is 10.9 Å². The maximum absolute atomic E-state index is 11.4. The molecule has 2 aromatic rings. The van der Waals surface area contributed by atoms with Gasteiger partial charge in [-0.2, -0.15) is 0 Å². The van der Waals surface area contributed by atoms with Crippen molar-refractivity contribution in [3.8, 4) is 0 Å². The molecular formula is C13H13NO8. The summed E-state index contributed by atoms with van der Waals surface area (Å²) in [6.45, 7) is 1.67. The van der Waals surface area contributed by atoms with E-state index in [1.54, 1.807) is 6.92 Å². The summed E-state index contributed by atoms with van der Waals surface area (Å²) in [6, 6.07) is 5.13. The Kier molecular flexibility index (Phi) is 2.74. The molecule has 0 aliphatic carbocycles. The van der Waals surface area contributed by atoms with E-state index in [4.69, 9.17) is 4.42 Å². The number of aryl methyl sites for hydroxylation is 1. The molecular weight excluding hydrogens is 298 g/mol. The first-order valence-corrected chi connectivity index (χ1v) is 6.19. The molecule has 1 saturated heterocycles. The number of nitrogens with zero attached hydrogens (tertiary/aromatic N) is 1. The molecule has 118 valence electrons. The normalized spacial score (nSPS) is 21.7. The molecule has 0 bridgehead atoms. The number of anilines is 1. The highest BCUT2D eigenvalue weighted by Crippen LogP contribution is 2.49. The van der Waals surface area contributed by atoms with Crippen molar-refractivity contribution < 1.29 is 35.1 Å². The van der Waals surface area contributed by atoms with Gasteiger partial charge in [0, 0.05) is 17.5 Å². The monoisotopic (exact) mass is 311 g/mol. The Morgan fingerprint density at radius 3 is 2.18 bits per heavy atom. The van der Waals surface area contributed by atoms with Gasteiger partial charge in [0.05, 0.1) is 5.69 Å². The van der Waals surface area contributed by atoms with Crippen LogP contribution in [-0.2, 0) is 0 Å². The van der Waals surface area contributed by atoms with Crippen LogP contribution in [0.5, 0.6) is 0 Å². The number of rotatable bonds is 1. The molecule has 9 nitrogen and oxygen atoms in total. The third-order valence-corrected chi connectivity index (χ3v) is 3.75. The van der Waals surface area contributed by atoms with E-state index in [9.17, 15) is 35.4 Å². The molecule has 2 heterocycles. The molecule has 0 radical (unpaired) electrons. The summed E-state index contributed by atoms with van der Waals surface area (Å²) in [5.74, 6) is -10.3. The lowest BCUT2D eigenvalue weighted by atomic mass is 9.93. The molecule has 1 aromatic heterocycles. The second-order valence-electron chi connectivity index (χ2n) is 5.21. The van der Waals surface area contributed by atoms with Crippen molar-refractivity contribution in [3.63, 3.8) is 0 Å². The predicted octanol–water partition coefficient (Wildman–Crippen LogP) is -2.12. The van der Waals surface area contributed by atoms with Crippen LogP contribution in [0.4, 0.5) is 5.69 Å². The second kappa shape index (κ2) is 4.04. The number of aliphatic hydroxyl groups is 6. The van der Waals surface area contributed by atoms with Gasteiger partial charge in [0.1, 0.15) is 5.58 Å². The highest BCUT2D eigenvalue weighted by molar-refractivity contribution is 5.84. The van der Waals surface area contributed by atoms with Crippen molar-refractivity contribution in [2.24, 2.45) is 0 Å². The summed E-state index contributed by atoms with van der Waals surface area (Å²) >= 11 is 0. The van der Waals surface area contributed by atoms with Crippen molar-refractivity contribution in [3.05, 3.63) is 40.2 Å². The van der Waals surface area contributed by atoms with Gasteiger partial charge in [0.15, 0.2) is 0 Å². The van der Waals surface area contributed by atoms with Crippen LogP contribution in [0.1, 0.15) is 5.56 Å². The zero-order chi connectivity index (χ0) is 16.5. The highest BCUT2D eigenvalue weighted by atomic mass is 16.7. The molecule has 0 unspecified atom stereocenters. The van der Waals surface area contributed by atoms with Gasteiger partial charge in [-0.1, -0.05) is 0 Å². The van der Waals surface area contributed by atoms with Gasteiger partial charge in [-0.3, -0.25) is 4.90 Å². The predicted molar refractivity (Wildman–Crippen MR) is 71.2 cm³/mol. The van der Waals surface area contributed by atoms with Crippen molar-refractivity contribution in [2.45, 2.75) is 24.5 Å². The Labute approximate surface area is 122 Å². The zero-order valence-electron chi connectivity index (χ0n) is 11.3. The van der Waals surface area contributed by atoms with E-state index in [2.05, 4.69) is 0 Å². The maximum Gasteiger partial charge on any atom is 0.336 e. The quantitative estimate of drug-likeness (QED) is 0.256. The summed E-state index contributed by atoms with van der Waals surface area (Å²) in [5, 5.41) is 57.8. The molecule has 6 N–H and O–H groups in total. The molecule has 1 aliphatic rings. The molecule has 9 heteroatoms. The Hall–Kier alpha value is -2.01. The minimum atomic E-state index is -3.59. The standard InChI is InChI=1S/C13H13NO8/c1-6-4-10(15)22-9-5-7(2-3-8(6)9)14-12(18,19)11(16,17)13(14,20)21/h2-5,16-21H,1H3. The van der Waals surface area contributed by atoms with Gasteiger partial charge in [0.25, 0.3) is 0 Å². The Balaban J connectivity index is 2.18. The first kappa shape index (κ1) is 14.9. The smallest absolute Gasteiger partial charge is 0.336 e. The van der Waals surface area contributed by atoms with E-state index >= 15 is 0 Å². The van der Waals surface area contributed by atoms with Crippen LogP contribution in [0.15, 0.2) is 33.5 Å². The maximum atomic E-state index is 11.4. The third-order valence-electron chi connectivity index (χ3n) is 3.75. The average molecular weight is 311 g/mol. The molecule has 1 aliphatic heterocycles. The Morgan fingerprint density at radius 1 is 1.00 bits per heavy atom. The van der Waals surface area contributed by atoms with Gasteiger partial charge in [-0.25, -0.2) is 4.79 Å². The minimum Gasteiger partial charge on any atom is -0.423 e. The minimum absolute atomic E-state index is 0.0579. The Morgan fingerprint density at radius 2 is 1.59 bits per heavy atom. The summed E-state index contributed by atoms with van der Waals surface area (Å²) < 4.78 is 4.96. The fraction of sp³-hybridized carbons (Fsp3) is 0.308. The average Bonchev–Trinajstić information content (AvgIpc) is 2.36. The van der Waals surface area contributed by atoms with E-state index in [0.717, 1.165) is 6.07 Å². The molecule has 1 fully saturated rings. The first-order valence-electron chi connectivity index (χ1n) is 6.19. The molecule has 0 amide bonds. The Bertz CT molecular complexity index is 804. The fourth-order valence-corrected chi connectivity index (χ4v) is 2.51. The summed E-state index contributed by atoms with van der Waals surface area (Å²) in [7, 11) is 0. The fourth-order valence-electron chi connectivity index (χ4n) is 2.51. The van der Waals surface area contributed by atoms with Gasteiger partial charge in [-0.15, -0.1) is 0 Å². The van der Waals surface area contributed by atoms with E-state index < -0.39 is 23.2 Å². The van der Waals surface area contributed by atoms with Crippen molar-refractivity contribution >= 4 is 16.7 Å². The van der Waals surface area contributed by atoms with Crippen molar-refractivity contribution in [2.75, 3.05) is 4.90 Å². The van der Waals surface area contributed by atoms with Crippen LogP contribution in [0.25, 0.3) is 11.0 Å². The topological polar surface area (TPSA) is 155 Å². The molecule has 0 spiro atoms. The van der Waals surface area contributed by atoms with Crippen molar-refractivity contribution in [1.82, 2.24) is 0 Å². The number of fused-ring (bicyclic) bond motifs is 1. The zero-order valence-corrected chi connectivity index (χ0v) is 11.3. The van der Waals surface area contributed by atoms with Crippen LogP contribution in [0.2, 0.25) is 0 Å². The van der Waals surface area contributed by atoms with Gasteiger partial charge < -0.3 is 35.1 Å². The van der Waals surface area contributed by atoms with Gasteiger partial charge in [0.2, 0.25) is 0 Å². The summed E-state index contributed by atoms with van der Waals surface area (Å²) in [4.78, 5) is 11.5. The number of hydrogen-bond donors (Lipinski definition) is 6. The van der Waals surface area contributed by atoms with Crippen LogP contribution in [0, 0.1) is 6.92 Å². The summed E-state index contributed by atoms with van der Waals surface area (Å²) in [5.41, 5.74) is -0.181. The number of benzene rings is 1. The van der Waals surface area contributed by atoms with Gasteiger partial charge >= 0.3 is 23.2 Å². The second-order valence-corrected chi connectivity index (χ2v) is 5.21. The van der Waals surface area contributed by atoms with E-state index in [1.165, 1.54) is 18.2 Å². The highest BCUT2D eigenvalue weighted by Gasteiger charge is 2.81.